The molecule has 1 saturated carbocycles. The van der Waals surface area contributed by atoms with Gasteiger partial charge in [-0.2, -0.15) is 26.3 Å². The topological polar surface area (TPSA) is 50.7 Å². The first-order valence-electron chi connectivity index (χ1n) is 10.2. The van der Waals surface area contributed by atoms with Crippen LogP contribution in [0.1, 0.15) is 46.3 Å². The van der Waals surface area contributed by atoms with Crippen molar-refractivity contribution in [3.63, 3.8) is 0 Å². The van der Waals surface area contributed by atoms with Gasteiger partial charge in [-0.3, -0.25) is 4.79 Å². The molecule has 1 atom stereocenters. The van der Waals surface area contributed by atoms with Crippen LogP contribution in [0.25, 0.3) is 0 Å². The molecule has 1 aliphatic carbocycles. The van der Waals surface area contributed by atoms with Crippen molar-refractivity contribution in [2.45, 2.75) is 49.2 Å². The largest absolute Gasteiger partial charge is 0.435 e. The normalized spacial score (nSPS) is 22.0. The van der Waals surface area contributed by atoms with Gasteiger partial charge in [0.1, 0.15) is 0 Å². The number of oxime groups is 1. The van der Waals surface area contributed by atoms with Gasteiger partial charge >= 0.3 is 12.4 Å². The maximum absolute atomic E-state index is 14.1. The standard InChI is InChI=1S/C22H14Cl2F8N2O2/c23-12-4-11(5-13(24)6-12)20(22(30,31)32)9-17(34-36-20)10-1-2-15(16(3-10)21(27,28)29)18(35)33-14-7-19(25,26)8-14/h1-6,14H,7-9H2,(H,33,35)/t20-/m0/s1. The molecule has 1 aliphatic heterocycles. The predicted octanol–water partition coefficient (Wildman–Crippen LogP) is 7.12. The van der Waals surface area contributed by atoms with Crippen LogP contribution in [-0.2, 0) is 16.6 Å². The summed E-state index contributed by atoms with van der Waals surface area (Å²) in [6.07, 6.45) is -12.6. The van der Waals surface area contributed by atoms with Gasteiger partial charge in [-0.15, -0.1) is 0 Å². The zero-order chi connectivity index (χ0) is 26.7. The SMILES string of the molecule is O=C(NC1CC(F)(F)C1)c1ccc(C2=NO[C@@](c3cc(Cl)cc(Cl)c3)(C(F)(F)F)C2)cc1C(F)(F)F. The Kier molecular flexibility index (Phi) is 6.44. The number of benzene rings is 2. The Labute approximate surface area is 208 Å². The zero-order valence-corrected chi connectivity index (χ0v) is 19.2. The predicted molar refractivity (Wildman–Crippen MR) is 113 cm³/mol. The van der Waals surface area contributed by atoms with Gasteiger partial charge in [0.25, 0.3) is 17.4 Å². The van der Waals surface area contributed by atoms with Crippen molar-refractivity contribution in [3.05, 3.63) is 68.7 Å². The van der Waals surface area contributed by atoms with E-state index in [-0.39, 0.29) is 15.6 Å². The van der Waals surface area contributed by atoms with Gasteiger partial charge in [-0.1, -0.05) is 34.4 Å². The molecule has 2 aliphatic rings. The number of nitrogens with one attached hydrogen (secondary N) is 1. The highest BCUT2D eigenvalue weighted by Gasteiger charge is 2.62. The summed E-state index contributed by atoms with van der Waals surface area (Å²) >= 11 is 11.7. The number of carbonyl (C=O) groups is 1. The Bertz CT molecular complexity index is 1220. The molecular weight excluding hydrogens is 547 g/mol. The fourth-order valence-corrected chi connectivity index (χ4v) is 4.55. The second-order valence-corrected chi connectivity index (χ2v) is 9.35. The molecule has 14 heteroatoms. The summed E-state index contributed by atoms with van der Waals surface area (Å²) in [6.45, 7) is 0. The first-order valence-corrected chi connectivity index (χ1v) is 10.9. The molecule has 2 aromatic rings. The molecule has 2 aromatic carbocycles. The molecule has 0 radical (unpaired) electrons. The molecule has 0 aromatic heterocycles. The van der Waals surface area contributed by atoms with E-state index in [0.717, 1.165) is 24.3 Å². The minimum Gasteiger partial charge on any atom is -0.374 e. The van der Waals surface area contributed by atoms with Crippen LogP contribution >= 0.6 is 23.2 Å². The number of hydrogen-bond donors (Lipinski definition) is 1. The molecule has 0 unspecified atom stereocenters. The maximum Gasteiger partial charge on any atom is 0.435 e. The van der Waals surface area contributed by atoms with E-state index in [1.165, 1.54) is 6.07 Å². The molecule has 4 rings (SSSR count). The Balaban J connectivity index is 1.66. The maximum atomic E-state index is 14.1. The number of alkyl halides is 8. The quantitative estimate of drug-likeness (QED) is 0.405. The number of halogens is 10. The average molecular weight is 561 g/mol. The average Bonchev–Trinajstić information content (AvgIpc) is 3.17. The minimum absolute atomic E-state index is 0.128. The van der Waals surface area contributed by atoms with Gasteiger partial charge in [0.2, 0.25) is 0 Å². The van der Waals surface area contributed by atoms with Crippen molar-refractivity contribution in [2.24, 2.45) is 5.16 Å². The highest BCUT2D eigenvalue weighted by Crippen LogP contribution is 2.50. The summed E-state index contributed by atoms with van der Waals surface area (Å²) in [5, 5.41) is 5.26. The van der Waals surface area contributed by atoms with E-state index in [0.29, 0.717) is 6.07 Å². The third-order valence-electron chi connectivity index (χ3n) is 5.84. The van der Waals surface area contributed by atoms with Gasteiger partial charge in [0.15, 0.2) is 0 Å². The minimum atomic E-state index is -5.09. The Morgan fingerprint density at radius 2 is 1.61 bits per heavy atom. The molecule has 0 spiro atoms. The van der Waals surface area contributed by atoms with Crippen molar-refractivity contribution in [1.82, 2.24) is 5.32 Å². The molecule has 1 fully saturated rings. The van der Waals surface area contributed by atoms with Crippen LogP contribution in [-0.4, -0.2) is 29.8 Å². The fourth-order valence-electron chi connectivity index (χ4n) is 4.03. The molecule has 1 heterocycles. The van der Waals surface area contributed by atoms with Crippen molar-refractivity contribution >= 4 is 34.8 Å². The van der Waals surface area contributed by atoms with Crippen LogP contribution in [0.5, 0.6) is 0 Å². The van der Waals surface area contributed by atoms with Gasteiger partial charge in [0.05, 0.1) is 16.8 Å². The molecular formula is C22H14Cl2F8N2O2. The summed E-state index contributed by atoms with van der Waals surface area (Å²) in [4.78, 5) is 17.1. The van der Waals surface area contributed by atoms with E-state index < -0.39 is 77.5 Å². The summed E-state index contributed by atoms with van der Waals surface area (Å²) < 4.78 is 110. The van der Waals surface area contributed by atoms with Gasteiger partial charge in [-0.05, 0) is 30.3 Å². The van der Waals surface area contributed by atoms with Gasteiger partial charge in [-0.25, -0.2) is 8.78 Å². The lowest BCUT2D eigenvalue weighted by Crippen LogP contribution is -2.50. The van der Waals surface area contributed by atoms with Crippen molar-refractivity contribution in [2.75, 3.05) is 0 Å². The Morgan fingerprint density at radius 3 is 2.14 bits per heavy atom. The molecule has 1 N–H and O–H groups in total. The van der Waals surface area contributed by atoms with E-state index in [2.05, 4.69) is 10.5 Å². The first-order chi connectivity index (χ1) is 16.5. The summed E-state index contributed by atoms with van der Waals surface area (Å²) in [5.41, 5.74) is -6.77. The van der Waals surface area contributed by atoms with Crippen LogP contribution in [0.4, 0.5) is 35.1 Å². The lowest BCUT2D eigenvalue weighted by molar-refractivity contribution is -0.275. The number of rotatable bonds is 4. The van der Waals surface area contributed by atoms with Crippen molar-refractivity contribution in [3.8, 4) is 0 Å². The first kappa shape index (κ1) is 26.5. The molecule has 0 bridgehead atoms. The third-order valence-corrected chi connectivity index (χ3v) is 6.28. The van der Waals surface area contributed by atoms with Crippen molar-refractivity contribution < 1.29 is 44.8 Å². The number of carbonyl (C=O) groups excluding carboxylic acids is 1. The monoisotopic (exact) mass is 560 g/mol. The van der Waals surface area contributed by atoms with E-state index in [1.54, 1.807) is 0 Å². The number of amides is 1. The van der Waals surface area contributed by atoms with Gasteiger partial charge in [0, 0.05) is 46.5 Å². The van der Waals surface area contributed by atoms with Crippen LogP contribution in [0.2, 0.25) is 10.0 Å². The van der Waals surface area contributed by atoms with E-state index in [1.807, 2.05) is 0 Å². The molecule has 1 amide bonds. The van der Waals surface area contributed by atoms with Crippen molar-refractivity contribution in [1.29, 1.82) is 0 Å². The van der Waals surface area contributed by atoms with Crippen LogP contribution in [0.3, 0.4) is 0 Å². The second-order valence-electron chi connectivity index (χ2n) is 8.48. The highest BCUT2D eigenvalue weighted by atomic mass is 35.5. The summed E-state index contributed by atoms with van der Waals surface area (Å²) in [6, 6.07) is 4.28. The third kappa shape index (κ3) is 4.97. The highest BCUT2D eigenvalue weighted by molar-refractivity contribution is 6.34. The Hall–Kier alpha value is -2.60. The molecule has 4 nitrogen and oxygen atoms in total. The Morgan fingerprint density at radius 1 is 1.00 bits per heavy atom. The second kappa shape index (κ2) is 8.76. The molecule has 36 heavy (non-hydrogen) atoms. The van der Waals surface area contributed by atoms with E-state index in [4.69, 9.17) is 28.0 Å². The lowest BCUT2D eigenvalue weighted by Gasteiger charge is -2.35. The summed E-state index contributed by atoms with van der Waals surface area (Å²) in [7, 11) is 0. The fraction of sp³-hybridized carbons (Fsp3) is 0.364. The smallest absolute Gasteiger partial charge is 0.374 e. The van der Waals surface area contributed by atoms with Gasteiger partial charge < -0.3 is 10.2 Å². The number of nitrogens with zero attached hydrogens (tertiary/aromatic N) is 1. The summed E-state index contributed by atoms with van der Waals surface area (Å²) in [5.74, 6) is -4.25. The van der Waals surface area contributed by atoms with Crippen LogP contribution in [0, 0.1) is 0 Å². The zero-order valence-electron chi connectivity index (χ0n) is 17.7. The molecule has 194 valence electrons. The van der Waals surface area contributed by atoms with E-state index >= 15 is 0 Å². The molecule has 0 saturated heterocycles. The van der Waals surface area contributed by atoms with Crippen LogP contribution < -0.4 is 5.32 Å². The number of hydrogen-bond acceptors (Lipinski definition) is 3. The lowest BCUT2D eigenvalue weighted by atomic mass is 9.86. The van der Waals surface area contributed by atoms with Crippen LogP contribution in [0.15, 0.2) is 41.6 Å². The van der Waals surface area contributed by atoms with E-state index in [9.17, 15) is 39.9 Å².